The van der Waals surface area contributed by atoms with E-state index in [0.29, 0.717) is 23.7 Å². The zero-order chi connectivity index (χ0) is 15.2. The molecule has 1 heterocycles. The molecule has 0 saturated carbocycles. The minimum Gasteiger partial charge on any atom is -0.475 e. The van der Waals surface area contributed by atoms with E-state index < -0.39 is 0 Å². The first-order valence-corrected chi connectivity index (χ1v) is 6.74. The van der Waals surface area contributed by atoms with E-state index in [2.05, 4.69) is 16.4 Å². The molecule has 0 radical (unpaired) electrons. The number of ether oxygens (including phenoxy) is 1. The Morgan fingerprint density at radius 3 is 2.90 bits per heavy atom. The zero-order valence-corrected chi connectivity index (χ0v) is 12.1. The molecule has 0 fully saturated rings. The molecule has 0 atom stereocenters. The van der Waals surface area contributed by atoms with Crippen LogP contribution in [-0.2, 0) is 6.54 Å². The molecule has 0 unspecified atom stereocenters. The summed E-state index contributed by atoms with van der Waals surface area (Å²) in [4.78, 5) is 4.24. The third-order valence-electron chi connectivity index (χ3n) is 2.85. The second-order valence-electron chi connectivity index (χ2n) is 4.90. The summed E-state index contributed by atoms with van der Waals surface area (Å²) in [7, 11) is 0. The maximum absolute atomic E-state index is 8.93. The van der Waals surface area contributed by atoms with Gasteiger partial charge >= 0.3 is 0 Å². The summed E-state index contributed by atoms with van der Waals surface area (Å²) in [5.74, 6) is 0.606. The standard InChI is InChI=1S/C16H18N4O/c1-11(2)21-16-13(4-3-7-19-16)10-20-15-8-12(9-17)5-6-14(15)18/h3-8,11,20H,10,18H2,1-2H3. The second kappa shape index (κ2) is 6.62. The number of nitrogens with zero attached hydrogens (tertiary/aromatic N) is 2. The van der Waals surface area contributed by atoms with Crippen molar-refractivity contribution >= 4 is 11.4 Å². The van der Waals surface area contributed by atoms with Crippen LogP contribution < -0.4 is 15.8 Å². The lowest BCUT2D eigenvalue weighted by molar-refractivity contribution is 0.230. The van der Waals surface area contributed by atoms with Crippen LogP contribution in [0.1, 0.15) is 25.0 Å². The van der Waals surface area contributed by atoms with E-state index in [0.717, 1.165) is 11.3 Å². The van der Waals surface area contributed by atoms with Gasteiger partial charge in [-0.25, -0.2) is 4.98 Å². The minimum absolute atomic E-state index is 0.0608. The molecule has 1 aromatic heterocycles. The average molecular weight is 282 g/mol. The van der Waals surface area contributed by atoms with Crippen molar-refractivity contribution in [3.8, 4) is 11.9 Å². The quantitative estimate of drug-likeness (QED) is 0.824. The van der Waals surface area contributed by atoms with Crippen LogP contribution in [0.15, 0.2) is 36.5 Å². The molecule has 5 nitrogen and oxygen atoms in total. The molecule has 108 valence electrons. The van der Waals surface area contributed by atoms with Gasteiger partial charge in [0.15, 0.2) is 0 Å². The topological polar surface area (TPSA) is 84.0 Å². The Morgan fingerprint density at radius 1 is 1.38 bits per heavy atom. The number of rotatable bonds is 5. The van der Waals surface area contributed by atoms with Gasteiger partial charge in [0.05, 0.1) is 29.1 Å². The van der Waals surface area contributed by atoms with Crippen LogP contribution in [0, 0.1) is 11.3 Å². The predicted molar refractivity (Wildman–Crippen MR) is 82.9 cm³/mol. The molecule has 21 heavy (non-hydrogen) atoms. The van der Waals surface area contributed by atoms with Crippen molar-refractivity contribution < 1.29 is 4.74 Å². The fourth-order valence-electron chi connectivity index (χ4n) is 1.86. The van der Waals surface area contributed by atoms with Crippen LogP contribution in [0.3, 0.4) is 0 Å². The highest BCUT2D eigenvalue weighted by molar-refractivity contribution is 5.68. The summed E-state index contributed by atoms with van der Waals surface area (Å²) >= 11 is 0. The Hall–Kier alpha value is -2.74. The molecule has 0 aliphatic carbocycles. The van der Waals surface area contributed by atoms with Crippen molar-refractivity contribution in [2.24, 2.45) is 0 Å². The molecule has 0 aliphatic heterocycles. The Bertz CT molecular complexity index is 662. The molecular weight excluding hydrogens is 264 g/mol. The molecular formula is C16H18N4O. The van der Waals surface area contributed by atoms with Crippen molar-refractivity contribution in [1.29, 1.82) is 5.26 Å². The maximum atomic E-state index is 8.93. The lowest BCUT2D eigenvalue weighted by atomic mass is 10.2. The van der Waals surface area contributed by atoms with E-state index >= 15 is 0 Å². The van der Waals surface area contributed by atoms with Crippen molar-refractivity contribution in [2.75, 3.05) is 11.1 Å². The fraction of sp³-hybridized carbons (Fsp3) is 0.250. The summed E-state index contributed by atoms with van der Waals surface area (Å²) in [6.45, 7) is 4.44. The number of nitrogen functional groups attached to an aromatic ring is 1. The van der Waals surface area contributed by atoms with Gasteiger partial charge in [-0.2, -0.15) is 5.26 Å². The molecule has 2 aromatic rings. The molecule has 0 saturated heterocycles. The molecule has 0 aliphatic rings. The maximum Gasteiger partial charge on any atom is 0.218 e. The molecule has 2 rings (SSSR count). The van der Waals surface area contributed by atoms with Crippen molar-refractivity contribution in [3.05, 3.63) is 47.7 Å². The number of nitrogens with one attached hydrogen (secondary N) is 1. The molecule has 0 amide bonds. The summed E-state index contributed by atoms with van der Waals surface area (Å²) in [6.07, 6.45) is 1.76. The molecule has 0 spiro atoms. The third-order valence-corrected chi connectivity index (χ3v) is 2.85. The fourth-order valence-corrected chi connectivity index (χ4v) is 1.86. The van der Waals surface area contributed by atoms with E-state index in [-0.39, 0.29) is 6.10 Å². The summed E-state index contributed by atoms with van der Waals surface area (Å²) in [5.41, 5.74) is 8.74. The number of anilines is 2. The van der Waals surface area contributed by atoms with Gasteiger partial charge in [-0.1, -0.05) is 6.07 Å². The van der Waals surface area contributed by atoms with Crippen LogP contribution in [0.5, 0.6) is 5.88 Å². The highest BCUT2D eigenvalue weighted by Gasteiger charge is 2.07. The van der Waals surface area contributed by atoms with Crippen LogP contribution in [0.25, 0.3) is 0 Å². The highest BCUT2D eigenvalue weighted by Crippen LogP contribution is 2.22. The highest BCUT2D eigenvalue weighted by atomic mass is 16.5. The number of benzene rings is 1. The van der Waals surface area contributed by atoms with Gasteiger partial charge < -0.3 is 15.8 Å². The zero-order valence-electron chi connectivity index (χ0n) is 12.1. The Kier molecular flexibility index (Phi) is 4.62. The lowest BCUT2D eigenvalue weighted by Crippen LogP contribution is -2.11. The normalized spacial score (nSPS) is 10.2. The van der Waals surface area contributed by atoms with E-state index in [4.69, 9.17) is 15.7 Å². The first-order chi connectivity index (χ1) is 10.1. The van der Waals surface area contributed by atoms with Gasteiger partial charge in [-0.15, -0.1) is 0 Å². The van der Waals surface area contributed by atoms with E-state index in [1.54, 1.807) is 24.4 Å². The monoisotopic (exact) mass is 282 g/mol. The van der Waals surface area contributed by atoms with E-state index in [9.17, 15) is 0 Å². The van der Waals surface area contributed by atoms with Crippen molar-refractivity contribution in [2.45, 2.75) is 26.5 Å². The van der Waals surface area contributed by atoms with Crippen LogP contribution in [0.2, 0.25) is 0 Å². The van der Waals surface area contributed by atoms with Gasteiger partial charge in [0.2, 0.25) is 5.88 Å². The minimum atomic E-state index is 0.0608. The Balaban J connectivity index is 2.15. The molecule has 0 bridgehead atoms. The number of nitrogens with two attached hydrogens (primary N) is 1. The second-order valence-corrected chi connectivity index (χ2v) is 4.90. The first-order valence-electron chi connectivity index (χ1n) is 6.74. The predicted octanol–water partition coefficient (Wildman–Crippen LogP) is 2.93. The van der Waals surface area contributed by atoms with E-state index in [1.165, 1.54) is 0 Å². The Labute approximate surface area is 124 Å². The summed E-state index contributed by atoms with van der Waals surface area (Å²) in [5, 5.41) is 12.2. The summed E-state index contributed by atoms with van der Waals surface area (Å²) in [6, 6.07) is 11.0. The van der Waals surface area contributed by atoms with Gasteiger partial charge in [-0.3, -0.25) is 0 Å². The van der Waals surface area contributed by atoms with Gasteiger partial charge in [-0.05, 0) is 38.1 Å². The van der Waals surface area contributed by atoms with E-state index in [1.807, 2.05) is 26.0 Å². The van der Waals surface area contributed by atoms with Gasteiger partial charge in [0, 0.05) is 18.3 Å². The lowest BCUT2D eigenvalue weighted by Gasteiger charge is -2.14. The Morgan fingerprint density at radius 2 is 2.19 bits per heavy atom. The van der Waals surface area contributed by atoms with Gasteiger partial charge in [0.25, 0.3) is 0 Å². The number of pyridine rings is 1. The van der Waals surface area contributed by atoms with Crippen LogP contribution in [0.4, 0.5) is 11.4 Å². The van der Waals surface area contributed by atoms with Crippen LogP contribution in [-0.4, -0.2) is 11.1 Å². The number of nitriles is 1. The van der Waals surface area contributed by atoms with Crippen molar-refractivity contribution in [1.82, 2.24) is 4.98 Å². The van der Waals surface area contributed by atoms with Crippen molar-refractivity contribution in [3.63, 3.8) is 0 Å². The van der Waals surface area contributed by atoms with Gasteiger partial charge in [0.1, 0.15) is 0 Å². The third kappa shape index (κ3) is 3.86. The SMILES string of the molecule is CC(C)Oc1ncccc1CNc1cc(C#N)ccc1N. The molecule has 5 heteroatoms. The summed E-state index contributed by atoms with van der Waals surface area (Å²) < 4.78 is 5.67. The number of aromatic nitrogens is 1. The smallest absolute Gasteiger partial charge is 0.218 e. The van der Waals surface area contributed by atoms with Crippen LogP contribution >= 0.6 is 0 Å². The largest absolute Gasteiger partial charge is 0.475 e. The number of hydrogen-bond acceptors (Lipinski definition) is 5. The average Bonchev–Trinajstić information content (AvgIpc) is 2.47. The molecule has 3 N–H and O–H groups in total. The molecule has 1 aromatic carbocycles. The first kappa shape index (κ1) is 14.7. The number of hydrogen-bond donors (Lipinski definition) is 2.